The molecule has 1 heterocycles. The molecule has 5 nitrogen and oxygen atoms in total. The fourth-order valence-corrected chi connectivity index (χ4v) is 1.73. The minimum atomic E-state index is -0.393. The molecule has 0 bridgehead atoms. The van der Waals surface area contributed by atoms with Crippen molar-refractivity contribution >= 4 is 17.6 Å². The second-order valence-corrected chi connectivity index (χ2v) is 3.96. The van der Waals surface area contributed by atoms with E-state index < -0.39 is 6.09 Å². The zero-order valence-electron chi connectivity index (χ0n) is 9.55. The summed E-state index contributed by atoms with van der Waals surface area (Å²) in [5.74, 6) is 0.000355. The van der Waals surface area contributed by atoms with Crippen LogP contribution < -0.4 is 10.6 Å². The number of cyclic esters (lactones) is 1. The molecule has 1 aromatic carbocycles. The number of nitrogens with two attached hydrogens (primary N) is 1. The maximum Gasteiger partial charge on any atom is 0.414 e. The van der Waals surface area contributed by atoms with Crippen LogP contribution in [-0.4, -0.2) is 31.1 Å². The summed E-state index contributed by atoms with van der Waals surface area (Å²) in [6.07, 6.45) is -0.647. The predicted octanol–water partition coefficient (Wildman–Crippen LogP) is 1.17. The molecule has 0 unspecified atom stereocenters. The Morgan fingerprint density at radius 3 is 2.59 bits per heavy atom. The summed E-state index contributed by atoms with van der Waals surface area (Å²) in [5.41, 5.74) is 6.79. The van der Waals surface area contributed by atoms with E-state index in [1.54, 1.807) is 24.3 Å². The highest BCUT2D eigenvalue weighted by atomic mass is 16.6. The van der Waals surface area contributed by atoms with Gasteiger partial charge in [0.15, 0.2) is 5.78 Å². The molecule has 1 aliphatic rings. The lowest BCUT2D eigenvalue weighted by Crippen LogP contribution is -2.27. The molecule has 1 aliphatic heterocycles. The van der Waals surface area contributed by atoms with E-state index in [4.69, 9.17) is 10.5 Å². The van der Waals surface area contributed by atoms with Crippen LogP contribution in [0.15, 0.2) is 24.3 Å². The minimum absolute atomic E-state index is 0.000355. The van der Waals surface area contributed by atoms with E-state index in [2.05, 4.69) is 0 Å². The predicted molar refractivity (Wildman–Crippen MR) is 63.1 cm³/mol. The third-order valence-electron chi connectivity index (χ3n) is 2.72. The van der Waals surface area contributed by atoms with E-state index in [1.165, 1.54) is 11.8 Å². The van der Waals surface area contributed by atoms with Gasteiger partial charge in [-0.2, -0.15) is 0 Å². The van der Waals surface area contributed by atoms with Crippen molar-refractivity contribution in [2.75, 3.05) is 18.0 Å². The molecule has 5 heteroatoms. The van der Waals surface area contributed by atoms with Crippen LogP contribution >= 0.6 is 0 Å². The first-order valence-corrected chi connectivity index (χ1v) is 5.41. The number of Topliss-reactive ketones (excluding diaryl/α,β-unsaturated/α-hetero) is 1. The van der Waals surface area contributed by atoms with Crippen LogP contribution in [0.3, 0.4) is 0 Å². The van der Waals surface area contributed by atoms with E-state index in [0.717, 1.165) is 5.69 Å². The number of nitrogens with zero attached hydrogens (tertiary/aromatic N) is 1. The Hall–Kier alpha value is -1.88. The molecular weight excluding hydrogens is 220 g/mol. The van der Waals surface area contributed by atoms with Crippen molar-refractivity contribution in [1.82, 2.24) is 0 Å². The van der Waals surface area contributed by atoms with Crippen molar-refractivity contribution in [3.8, 4) is 0 Å². The molecule has 1 aromatic rings. The van der Waals surface area contributed by atoms with Crippen LogP contribution in [0.5, 0.6) is 0 Å². The Bertz CT molecular complexity index is 442. The lowest BCUT2D eigenvalue weighted by molar-refractivity contribution is 0.101. The number of amides is 1. The van der Waals surface area contributed by atoms with Gasteiger partial charge in [0.1, 0.15) is 6.10 Å². The Morgan fingerprint density at radius 2 is 2.12 bits per heavy atom. The fourth-order valence-electron chi connectivity index (χ4n) is 1.73. The van der Waals surface area contributed by atoms with Crippen LogP contribution in [0.1, 0.15) is 17.3 Å². The molecule has 1 fully saturated rings. The number of ether oxygens (including phenoxy) is 1. The Balaban J connectivity index is 2.18. The van der Waals surface area contributed by atoms with Crippen LogP contribution in [0.25, 0.3) is 0 Å². The van der Waals surface area contributed by atoms with Gasteiger partial charge in [-0.3, -0.25) is 9.69 Å². The molecular formula is C12H14N2O3. The number of carbonyl (C=O) groups is 2. The summed E-state index contributed by atoms with van der Waals surface area (Å²) >= 11 is 0. The van der Waals surface area contributed by atoms with Crippen molar-refractivity contribution in [2.45, 2.75) is 13.0 Å². The van der Waals surface area contributed by atoms with Gasteiger partial charge in [-0.25, -0.2) is 4.79 Å². The lowest BCUT2D eigenvalue weighted by Gasteiger charge is -2.12. The zero-order valence-corrected chi connectivity index (χ0v) is 9.55. The van der Waals surface area contributed by atoms with Gasteiger partial charge in [0.05, 0.1) is 6.54 Å². The quantitative estimate of drug-likeness (QED) is 0.797. The normalized spacial score (nSPS) is 19.3. The van der Waals surface area contributed by atoms with Crippen molar-refractivity contribution in [3.63, 3.8) is 0 Å². The number of benzene rings is 1. The minimum Gasteiger partial charge on any atom is -0.443 e. The van der Waals surface area contributed by atoms with Gasteiger partial charge in [0.2, 0.25) is 0 Å². The van der Waals surface area contributed by atoms with E-state index in [9.17, 15) is 9.59 Å². The number of carbonyl (C=O) groups excluding carboxylic acids is 2. The van der Waals surface area contributed by atoms with Crippen molar-refractivity contribution in [1.29, 1.82) is 0 Å². The van der Waals surface area contributed by atoms with Crippen LogP contribution in [0.4, 0.5) is 10.5 Å². The van der Waals surface area contributed by atoms with Crippen molar-refractivity contribution < 1.29 is 14.3 Å². The van der Waals surface area contributed by atoms with Gasteiger partial charge >= 0.3 is 6.09 Å². The molecule has 90 valence electrons. The van der Waals surface area contributed by atoms with Gasteiger partial charge in [-0.15, -0.1) is 0 Å². The first kappa shape index (κ1) is 11.6. The molecule has 0 radical (unpaired) electrons. The Morgan fingerprint density at radius 1 is 1.47 bits per heavy atom. The summed E-state index contributed by atoms with van der Waals surface area (Å²) in [7, 11) is 0. The number of anilines is 1. The van der Waals surface area contributed by atoms with Gasteiger partial charge in [0, 0.05) is 17.8 Å². The number of hydrogen-bond acceptors (Lipinski definition) is 4. The molecule has 1 saturated heterocycles. The van der Waals surface area contributed by atoms with Crippen molar-refractivity contribution in [2.24, 2.45) is 5.73 Å². The number of rotatable bonds is 3. The van der Waals surface area contributed by atoms with E-state index in [0.29, 0.717) is 18.7 Å². The molecule has 0 aliphatic carbocycles. The average Bonchev–Trinajstić information content (AvgIpc) is 2.71. The molecule has 1 atom stereocenters. The number of hydrogen-bond donors (Lipinski definition) is 1. The third-order valence-corrected chi connectivity index (χ3v) is 2.72. The summed E-state index contributed by atoms with van der Waals surface area (Å²) < 4.78 is 5.05. The van der Waals surface area contributed by atoms with E-state index in [-0.39, 0.29) is 11.9 Å². The van der Waals surface area contributed by atoms with Gasteiger partial charge in [-0.05, 0) is 31.2 Å². The second-order valence-electron chi connectivity index (χ2n) is 3.96. The highest BCUT2D eigenvalue weighted by Gasteiger charge is 2.31. The Kier molecular flexibility index (Phi) is 3.10. The average molecular weight is 234 g/mol. The molecule has 0 spiro atoms. The first-order chi connectivity index (χ1) is 8.11. The molecule has 0 saturated carbocycles. The van der Waals surface area contributed by atoms with Gasteiger partial charge < -0.3 is 10.5 Å². The molecule has 2 rings (SSSR count). The maximum atomic E-state index is 11.5. The fraction of sp³-hybridized carbons (Fsp3) is 0.333. The van der Waals surface area contributed by atoms with E-state index >= 15 is 0 Å². The molecule has 2 N–H and O–H groups in total. The highest BCUT2D eigenvalue weighted by molar-refractivity contribution is 5.95. The highest BCUT2D eigenvalue weighted by Crippen LogP contribution is 2.21. The van der Waals surface area contributed by atoms with E-state index in [1.807, 2.05) is 0 Å². The molecule has 1 amide bonds. The SMILES string of the molecule is CC(=O)c1ccc(N2C[C@H](CN)OC2=O)cc1. The third kappa shape index (κ3) is 2.29. The topological polar surface area (TPSA) is 72.6 Å². The van der Waals surface area contributed by atoms with Crippen molar-refractivity contribution in [3.05, 3.63) is 29.8 Å². The monoisotopic (exact) mass is 234 g/mol. The largest absolute Gasteiger partial charge is 0.443 e. The zero-order chi connectivity index (χ0) is 12.4. The van der Waals surface area contributed by atoms with Crippen LogP contribution in [-0.2, 0) is 4.74 Å². The first-order valence-electron chi connectivity index (χ1n) is 5.41. The standard InChI is InChI=1S/C12H14N2O3/c1-8(15)9-2-4-10(5-3-9)14-7-11(6-13)17-12(14)16/h2-5,11H,6-7,13H2,1H3/t11-/m0/s1. The summed E-state index contributed by atoms with van der Waals surface area (Å²) in [6.45, 7) is 2.27. The van der Waals surface area contributed by atoms with Gasteiger partial charge in [-0.1, -0.05) is 0 Å². The summed E-state index contributed by atoms with van der Waals surface area (Å²) in [5, 5.41) is 0. The molecule has 17 heavy (non-hydrogen) atoms. The summed E-state index contributed by atoms with van der Waals surface area (Å²) in [6, 6.07) is 6.86. The van der Waals surface area contributed by atoms with Crippen LogP contribution in [0, 0.1) is 0 Å². The van der Waals surface area contributed by atoms with Gasteiger partial charge in [0.25, 0.3) is 0 Å². The Labute approximate surface area is 99.2 Å². The number of ketones is 1. The maximum absolute atomic E-state index is 11.5. The molecule has 0 aromatic heterocycles. The van der Waals surface area contributed by atoms with Crippen LogP contribution in [0.2, 0.25) is 0 Å². The second kappa shape index (κ2) is 4.55. The summed E-state index contributed by atoms with van der Waals surface area (Å²) in [4.78, 5) is 24.2. The smallest absolute Gasteiger partial charge is 0.414 e. The lowest BCUT2D eigenvalue weighted by atomic mass is 10.1.